The third-order valence-corrected chi connectivity index (χ3v) is 5.41. The van der Waals surface area contributed by atoms with E-state index >= 15 is 0 Å². The zero-order valence-corrected chi connectivity index (χ0v) is 15.1. The van der Waals surface area contributed by atoms with Crippen molar-refractivity contribution in [2.75, 3.05) is 31.6 Å². The Kier molecular flexibility index (Phi) is 5.49. The summed E-state index contributed by atoms with van der Waals surface area (Å²) in [4.78, 5) is 27.9. The molecule has 1 amide bonds. The predicted molar refractivity (Wildman–Crippen MR) is 97.4 cm³/mol. The van der Waals surface area contributed by atoms with E-state index in [0.29, 0.717) is 23.6 Å². The number of nitrogens with zero attached hydrogens (tertiary/aromatic N) is 2. The summed E-state index contributed by atoms with van der Waals surface area (Å²) in [6.07, 6.45) is 3.97. The zero-order valence-electron chi connectivity index (χ0n) is 14.4. The molecule has 136 valence electrons. The van der Waals surface area contributed by atoms with E-state index in [0.717, 1.165) is 31.6 Å². The van der Waals surface area contributed by atoms with E-state index < -0.39 is 12.0 Å². The first-order valence-electron chi connectivity index (χ1n) is 8.74. The van der Waals surface area contributed by atoms with Crippen molar-refractivity contribution in [3.05, 3.63) is 28.8 Å². The molecule has 3 rings (SSSR count). The van der Waals surface area contributed by atoms with Crippen LogP contribution in [0, 0.1) is 0 Å². The van der Waals surface area contributed by atoms with Crippen LogP contribution in [-0.4, -0.2) is 60.6 Å². The maximum atomic E-state index is 12.7. The molecule has 25 heavy (non-hydrogen) atoms. The number of anilines is 1. The van der Waals surface area contributed by atoms with Crippen molar-refractivity contribution in [1.29, 1.82) is 0 Å². The van der Waals surface area contributed by atoms with Gasteiger partial charge in [-0.25, -0.2) is 0 Å². The second-order valence-electron chi connectivity index (χ2n) is 6.91. The molecule has 0 bridgehead atoms. The number of nitrogens with one attached hydrogen (secondary N) is 1. The number of amides is 1. The van der Waals surface area contributed by atoms with E-state index in [4.69, 9.17) is 11.6 Å². The summed E-state index contributed by atoms with van der Waals surface area (Å²) in [6, 6.07) is 4.82. The van der Waals surface area contributed by atoms with Crippen molar-refractivity contribution in [3.8, 4) is 0 Å². The Hall–Kier alpha value is -1.79. The van der Waals surface area contributed by atoms with Crippen LogP contribution in [0.1, 0.15) is 36.0 Å². The Balaban J connectivity index is 1.70. The largest absolute Gasteiger partial charge is 0.480 e. The van der Waals surface area contributed by atoms with Gasteiger partial charge in [0.25, 0.3) is 5.91 Å². The molecule has 2 unspecified atom stereocenters. The summed E-state index contributed by atoms with van der Waals surface area (Å²) in [5.74, 6) is -1.10. The number of hydrogen-bond donors (Lipinski definition) is 2. The number of rotatable bonds is 4. The average molecular weight is 366 g/mol. The monoisotopic (exact) mass is 365 g/mol. The van der Waals surface area contributed by atoms with Crippen molar-refractivity contribution in [3.63, 3.8) is 0 Å². The van der Waals surface area contributed by atoms with E-state index in [9.17, 15) is 14.7 Å². The number of aliphatic carboxylic acids is 1. The second kappa shape index (κ2) is 7.62. The molecule has 2 heterocycles. The van der Waals surface area contributed by atoms with Gasteiger partial charge in [0.1, 0.15) is 6.04 Å². The summed E-state index contributed by atoms with van der Waals surface area (Å²) in [5, 5.41) is 12.5. The van der Waals surface area contributed by atoms with Crippen LogP contribution >= 0.6 is 11.6 Å². The lowest BCUT2D eigenvalue weighted by molar-refractivity contribution is -0.141. The summed E-state index contributed by atoms with van der Waals surface area (Å²) in [6.45, 7) is 2.51. The Bertz CT molecular complexity index is 661. The third kappa shape index (κ3) is 4.07. The van der Waals surface area contributed by atoms with E-state index in [1.807, 2.05) is 12.1 Å². The quantitative estimate of drug-likeness (QED) is 0.856. The highest BCUT2D eigenvalue weighted by Crippen LogP contribution is 2.26. The molecule has 0 aliphatic carbocycles. The highest BCUT2D eigenvalue weighted by molar-refractivity contribution is 6.34. The molecule has 0 aromatic heterocycles. The molecule has 1 aromatic rings. The Morgan fingerprint density at radius 1 is 1.24 bits per heavy atom. The van der Waals surface area contributed by atoms with Gasteiger partial charge in [-0.3, -0.25) is 14.5 Å². The normalized spacial score (nSPS) is 24.3. The fourth-order valence-corrected chi connectivity index (χ4v) is 3.90. The Morgan fingerprint density at radius 3 is 2.60 bits per heavy atom. The van der Waals surface area contributed by atoms with Gasteiger partial charge in [-0.1, -0.05) is 11.6 Å². The Morgan fingerprint density at radius 2 is 1.96 bits per heavy atom. The Labute approximate surface area is 152 Å². The number of likely N-dealkylation sites (tertiary alicyclic amines) is 1. The minimum absolute atomic E-state index is 0.187. The molecule has 6 nitrogen and oxygen atoms in total. The summed E-state index contributed by atoms with van der Waals surface area (Å²) in [5.41, 5.74) is 1.47. The number of carbonyl (C=O) groups is 2. The van der Waals surface area contributed by atoms with E-state index in [-0.39, 0.29) is 11.9 Å². The first kappa shape index (κ1) is 18.0. The molecule has 2 N–H and O–H groups in total. The van der Waals surface area contributed by atoms with Crippen LogP contribution in [-0.2, 0) is 4.79 Å². The smallest absolute Gasteiger partial charge is 0.320 e. The standard InChI is InChI=1S/C18H24ClN3O3/c1-21-11-12(9-16(21)18(24)25)20-17(23)14-10-13(5-6-15(14)19)22-7-3-2-4-8-22/h5-6,10,12,16H,2-4,7-9,11H2,1H3,(H,20,23)(H,24,25). The van der Waals surface area contributed by atoms with Gasteiger partial charge in [0.2, 0.25) is 0 Å². The van der Waals surface area contributed by atoms with Gasteiger partial charge < -0.3 is 15.3 Å². The predicted octanol–water partition coefficient (Wildman–Crippen LogP) is 2.22. The van der Waals surface area contributed by atoms with Crippen LogP contribution in [0.2, 0.25) is 5.02 Å². The molecule has 0 radical (unpaired) electrons. The third-order valence-electron chi connectivity index (χ3n) is 5.08. The fourth-order valence-electron chi connectivity index (χ4n) is 3.69. The molecule has 2 fully saturated rings. The minimum atomic E-state index is -0.857. The molecule has 0 saturated carbocycles. The molecule has 2 aliphatic heterocycles. The maximum absolute atomic E-state index is 12.7. The van der Waals surface area contributed by atoms with Crippen LogP contribution in [0.3, 0.4) is 0 Å². The number of carbonyl (C=O) groups excluding carboxylic acids is 1. The van der Waals surface area contributed by atoms with Crippen molar-refractivity contribution in [2.24, 2.45) is 0 Å². The van der Waals surface area contributed by atoms with Gasteiger partial charge in [0, 0.05) is 31.4 Å². The lowest BCUT2D eigenvalue weighted by atomic mass is 10.1. The molecular weight excluding hydrogens is 342 g/mol. The first-order chi connectivity index (χ1) is 12.0. The molecule has 2 aliphatic rings. The number of carboxylic acid groups (broad SMARTS) is 1. The van der Waals surface area contributed by atoms with Gasteiger partial charge in [-0.05, 0) is 50.9 Å². The van der Waals surface area contributed by atoms with Crippen molar-refractivity contribution in [2.45, 2.75) is 37.8 Å². The SMILES string of the molecule is CN1CC(NC(=O)c2cc(N3CCCCC3)ccc2Cl)CC1C(=O)O. The lowest BCUT2D eigenvalue weighted by Crippen LogP contribution is -2.37. The number of halogens is 1. The zero-order chi connectivity index (χ0) is 18.0. The summed E-state index contributed by atoms with van der Waals surface area (Å²) >= 11 is 6.24. The van der Waals surface area contributed by atoms with Crippen molar-refractivity contribution < 1.29 is 14.7 Å². The van der Waals surface area contributed by atoms with Gasteiger partial charge in [-0.15, -0.1) is 0 Å². The highest BCUT2D eigenvalue weighted by atomic mass is 35.5. The first-order valence-corrected chi connectivity index (χ1v) is 9.12. The van der Waals surface area contributed by atoms with Crippen LogP contribution in [0.4, 0.5) is 5.69 Å². The van der Waals surface area contributed by atoms with E-state index in [1.54, 1.807) is 18.0 Å². The van der Waals surface area contributed by atoms with Crippen molar-refractivity contribution in [1.82, 2.24) is 10.2 Å². The van der Waals surface area contributed by atoms with Crippen LogP contribution in [0.5, 0.6) is 0 Å². The molecule has 2 saturated heterocycles. The molecule has 0 spiro atoms. The fraction of sp³-hybridized carbons (Fsp3) is 0.556. The van der Waals surface area contributed by atoms with Gasteiger partial charge in [0.15, 0.2) is 0 Å². The number of likely N-dealkylation sites (N-methyl/N-ethyl adjacent to an activating group) is 1. The van der Waals surface area contributed by atoms with E-state index in [2.05, 4.69) is 10.2 Å². The highest BCUT2D eigenvalue weighted by Gasteiger charge is 2.35. The molecule has 2 atom stereocenters. The van der Waals surface area contributed by atoms with Crippen LogP contribution < -0.4 is 10.2 Å². The van der Waals surface area contributed by atoms with Gasteiger partial charge in [0.05, 0.1) is 10.6 Å². The molecule has 1 aromatic carbocycles. The number of benzene rings is 1. The number of piperidine rings is 1. The van der Waals surface area contributed by atoms with E-state index in [1.165, 1.54) is 6.42 Å². The second-order valence-corrected chi connectivity index (χ2v) is 7.32. The maximum Gasteiger partial charge on any atom is 0.320 e. The molecule has 7 heteroatoms. The van der Waals surface area contributed by atoms with Gasteiger partial charge >= 0.3 is 5.97 Å². The summed E-state index contributed by atoms with van der Waals surface area (Å²) in [7, 11) is 1.76. The average Bonchev–Trinajstić information content (AvgIpc) is 2.96. The number of hydrogen-bond acceptors (Lipinski definition) is 4. The minimum Gasteiger partial charge on any atom is -0.480 e. The lowest BCUT2D eigenvalue weighted by Gasteiger charge is -2.29. The van der Waals surface area contributed by atoms with Gasteiger partial charge in [-0.2, -0.15) is 0 Å². The van der Waals surface area contributed by atoms with Crippen molar-refractivity contribution >= 4 is 29.2 Å². The topological polar surface area (TPSA) is 72.9 Å². The van der Waals surface area contributed by atoms with Crippen LogP contribution in [0.15, 0.2) is 18.2 Å². The van der Waals surface area contributed by atoms with Crippen LogP contribution in [0.25, 0.3) is 0 Å². The molecular formula is C18H24ClN3O3. The summed E-state index contributed by atoms with van der Waals surface area (Å²) < 4.78 is 0. The number of carboxylic acids is 1.